The summed E-state index contributed by atoms with van der Waals surface area (Å²) in [5.41, 5.74) is 2.67. The van der Waals surface area contributed by atoms with E-state index in [0.29, 0.717) is 11.5 Å². The first kappa shape index (κ1) is 20.9. The minimum atomic E-state index is -0.275. The molecule has 5 rings (SSSR count). The van der Waals surface area contributed by atoms with E-state index in [1.807, 2.05) is 5.38 Å². The van der Waals surface area contributed by atoms with E-state index >= 15 is 0 Å². The van der Waals surface area contributed by atoms with Gasteiger partial charge in [0.1, 0.15) is 11.6 Å². The number of benzene rings is 2. The molecule has 0 N–H and O–H groups in total. The van der Waals surface area contributed by atoms with Gasteiger partial charge in [-0.3, -0.25) is 19.0 Å². The second-order valence-electron chi connectivity index (χ2n) is 7.96. The fourth-order valence-corrected chi connectivity index (χ4v) is 5.02. The smallest absolute Gasteiger partial charge is 0.258 e. The van der Waals surface area contributed by atoms with Crippen molar-refractivity contribution in [3.05, 3.63) is 105 Å². The number of nitrogens with zero attached hydrogens (tertiary/aromatic N) is 4. The molecule has 0 spiro atoms. The van der Waals surface area contributed by atoms with Crippen LogP contribution in [-0.2, 0) is 6.54 Å². The van der Waals surface area contributed by atoms with Gasteiger partial charge >= 0.3 is 0 Å². The predicted octanol–water partition coefficient (Wildman–Crippen LogP) is 3.94. The summed E-state index contributed by atoms with van der Waals surface area (Å²) >= 11 is 1.45. The molecular formula is C24H22F2N4OS. The molecule has 0 unspecified atom stereocenters. The molecule has 1 aliphatic heterocycles. The van der Waals surface area contributed by atoms with Crippen molar-refractivity contribution in [2.45, 2.75) is 12.6 Å². The summed E-state index contributed by atoms with van der Waals surface area (Å²) in [7, 11) is 0. The number of rotatable bonds is 5. The van der Waals surface area contributed by atoms with E-state index in [9.17, 15) is 13.6 Å². The second-order valence-corrected chi connectivity index (χ2v) is 8.83. The topological polar surface area (TPSA) is 40.9 Å². The Hall–Kier alpha value is -2.94. The van der Waals surface area contributed by atoms with Crippen molar-refractivity contribution in [2.75, 3.05) is 26.2 Å². The molecule has 0 amide bonds. The van der Waals surface area contributed by atoms with E-state index < -0.39 is 0 Å². The van der Waals surface area contributed by atoms with Crippen molar-refractivity contribution in [3.63, 3.8) is 0 Å². The van der Waals surface area contributed by atoms with E-state index in [2.05, 4.69) is 14.8 Å². The summed E-state index contributed by atoms with van der Waals surface area (Å²) in [6.07, 6.45) is 1.74. The van der Waals surface area contributed by atoms with E-state index in [4.69, 9.17) is 0 Å². The maximum absolute atomic E-state index is 13.5. The SMILES string of the molecule is O=c1cc(CN2CCN(C(c3ccc(F)cc3)c3ccc(F)cc3)CC2)nc2sccn12. The average Bonchev–Trinajstić information content (AvgIpc) is 3.27. The third kappa shape index (κ3) is 4.34. The zero-order valence-electron chi connectivity index (χ0n) is 17.3. The van der Waals surface area contributed by atoms with Crippen molar-refractivity contribution < 1.29 is 8.78 Å². The molecule has 1 fully saturated rings. The molecule has 0 saturated carbocycles. The van der Waals surface area contributed by atoms with Gasteiger partial charge in [0, 0.05) is 50.4 Å². The first-order chi connectivity index (χ1) is 15.6. The molecule has 32 heavy (non-hydrogen) atoms. The first-order valence-electron chi connectivity index (χ1n) is 10.5. The highest BCUT2D eigenvalue weighted by atomic mass is 32.1. The summed E-state index contributed by atoms with van der Waals surface area (Å²) in [4.78, 5) is 22.2. The molecule has 4 aromatic rings. The van der Waals surface area contributed by atoms with Crippen LogP contribution in [0.2, 0.25) is 0 Å². The van der Waals surface area contributed by atoms with E-state index in [0.717, 1.165) is 43.0 Å². The fourth-order valence-electron chi connectivity index (χ4n) is 4.28. The average molecular weight is 453 g/mol. The molecule has 1 saturated heterocycles. The van der Waals surface area contributed by atoms with Crippen LogP contribution >= 0.6 is 11.3 Å². The van der Waals surface area contributed by atoms with Crippen molar-refractivity contribution in [1.82, 2.24) is 19.2 Å². The van der Waals surface area contributed by atoms with Crippen molar-refractivity contribution in [3.8, 4) is 0 Å². The minimum Gasteiger partial charge on any atom is -0.295 e. The van der Waals surface area contributed by atoms with Crippen LogP contribution in [0.15, 0.2) is 71.0 Å². The maximum Gasteiger partial charge on any atom is 0.258 e. The van der Waals surface area contributed by atoms with E-state index in [1.54, 1.807) is 40.9 Å². The van der Waals surface area contributed by atoms with Gasteiger partial charge < -0.3 is 0 Å². The Balaban J connectivity index is 1.33. The molecule has 5 nitrogen and oxygen atoms in total. The molecule has 0 aliphatic carbocycles. The van der Waals surface area contributed by atoms with Gasteiger partial charge in [-0.1, -0.05) is 24.3 Å². The molecule has 1 aliphatic rings. The normalized spacial score (nSPS) is 15.6. The van der Waals surface area contributed by atoms with Gasteiger partial charge in [0.2, 0.25) is 0 Å². The molecule has 3 heterocycles. The summed E-state index contributed by atoms with van der Waals surface area (Å²) in [6, 6.07) is 14.6. The molecule has 0 radical (unpaired) electrons. The van der Waals surface area contributed by atoms with Crippen LogP contribution in [-0.4, -0.2) is 45.4 Å². The number of piperazine rings is 1. The van der Waals surface area contributed by atoms with Gasteiger partial charge in [0.15, 0.2) is 4.96 Å². The van der Waals surface area contributed by atoms with Gasteiger partial charge in [0.25, 0.3) is 5.56 Å². The molecule has 0 atom stereocenters. The second kappa shape index (κ2) is 8.90. The zero-order valence-corrected chi connectivity index (χ0v) is 18.1. The highest BCUT2D eigenvalue weighted by molar-refractivity contribution is 7.15. The predicted molar refractivity (Wildman–Crippen MR) is 121 cm³/mol. The number of halogens is 2. The molecule has 2 aromatic heterocycles. The summed E-state index contributed by atoms with van der Waals surface area (Å²) in [5.74, 6) is -0.551. The number of aromatic nitrogens is 2. The van der Waals surface area contributed by atoms with Crippen LogP contribution in [0.5, 0.6) is 0 Å². The van der Waals surface area contributed by atoms with Crippen molar-refractivity contribution in [2.24, 2.45) is 0 Å². The highest BCUT2D eigenvalue weighted by Gasteiger charge is 2.27. The molecule has 164 valence electrons. The molecule has 2 aromatic carbocycles. The van der Waals surface area contributed by atoms with Gasteiger partial charge in [-0.25, -0.2) is 13.8 Å². The maximum atomic E-state index is 13.5. The Morgan fingerprint density at radius 2 is 1.50 bits per heavy atom. The lowest BCUT2D eigenvalue weighted by Gasteiger charge is -2.39. The number of hydrogen-bond donors (Lipinski definition) is 0. The Morgan fingerprint density at radius 1 is 0.906 bits per heavy atom. The van der Waals surface area contributed by atoms with Crippen LogP contribution in [0.4, 0.5) is 8.78 Å². The van der Waals surface area contributed by atoms with Crippen LogP contribution < -0.4 is 5.56 Å². The third-order valence-electron chi connectivity index (χ3n) is 5.89. The van der Waals surface area contributed by atoms with Crippen LogP contribution in [0.25, 0.3) is 4.96 Å². The van der Waals surface area contributed by atoms with E-state index in [-0.39, 0.29) is 23.2 Å². The number of fused-ring (bicyclic) bond motifs is 1. The van der Waals surface area contributed by atoms with Crippen molar-refractivity contribution in [1.29, 1.82) is 0 Å². The quantitative estimate of drug-likeness (QED) is 0.460. The van der Waals surface area contributed by atoms with Crippen LogP contribution in [0.1, 0.15) is 22.9 Å². The largest absolute Gasteiger partial charge is 0.295 e. The summed E-state index contributed by atoms with van der Waals surface area (Å²) < 4.78 is 28.6. The fraction of sp³-hybridized carbons (Fsp3) is 0.250. The minimum absolute atomic E-state index is 0.0578. The number of hydrogen-bond acceptors (Lipinski definition) is 5. The lowest BCUT2D eigenvalue weighted by molar-refractivity contribution is 0.104. The molecule has 8 heteroatoms. The Bertz CT molecular complexity index is 1220. The molecule has 0 bridgehead atoms. The first-order valence-corrected chi connectivity index (χ1v) is 11.4. The van der Waals surface area contributed by atoms with Gasteiger partial charge in [-0.2, -0.15) is 0 Å². The highest BCUT2D eigenvalue weighted by Crippen LogP contribution is 2.30. The van der Waals surface area contributed by atoms with Crippen molar-refractivity contribution >= 4 is 16.3 Å². The Kier molecular flexibility index (Phi) is 5.82. The van der Waals surface area contributed by atoms with Gasteiger partial charge in [0.05, 0.1) is 11.7 Å². The monoisotopic (exact) mass is 452 g/mol. The Morgan fingerprint density at radius 3 is 2.09 bits per heavy atom. The number of thiazole rings is 1. The Labute approximate surface area is 188 Å². The van der Waals surface area contributed by atoms with Crippen LogP contribution in [0.3, 0.4) is 0 Å². The lowest BCUT2D eigenvalue weighted by atomic mass is 9.96. The van der Waals surface area contributed by atoms with Gasteiger partial charge in [-0.05, 0) is 35.4 Å². The van der Waals surface area contributed by atoms with E-state index in [1.165, 1.54) is 35.6 Å². The zero-order chi connectivity index (χ0) is 22.1. The van der Waals surface area contributed by atoms with Gasteiger partial charge in [-0.15, -0.1) is 11.3 Å². The standard InChI is InChI=1S/C24H22F2N4OS/c25-19-5-1-17(2-6-19)23(18-3-7-20(26)8-4-18)29-11-9-28(10-12-29)16-21-15-22(31)30-13-14-32-24(30)27-21/h1-8,13-15,23H,9-12,16H2. The lowest BCUT2D eigenvalue weighted by Crippen LogP contribution is -2.47. The summed E-state index contributed by atoms with van der Waals surface area (Å²) in [6.45, 7) is 3.82. The van der Waals surface area contributed by atoms with Crippen LogP contribution in [0, 0.1) is 11.6 Å². The molecular weight excluding hydrogens is 430 g/mol. The summed E-state index contributed by atoms with van der Waals surface area (Å²) in [5, 5.41) is 1.86. The third-order valence-corrected chi connectivity index (χ3v) is 6.64.